The second-order valence-electron chi connectivity index (χ2n) is 7.12. The lowest BCUT2D eigenvalue weighted by Gasteiger charge is -2.14. The number of nitrogens with zero attached hydrogens (tertiary/aromatic N) is 3. The standard InChI is InChI=1S/C21H18Cl2FN5O3S/c1-11-27-19(20-21(25)26-6-7-29(11)20)14-4-3-5-15(18(14)24)28-33(30,31)16-9-13(22)8-12(10-32-2)17(16)23/h3-9,28H,10H2,1-2H3,(H2,25,26). The molecule has 0 fully saturated rings. The molecule has 172 valence electrons. The van der Waals surface area contributed by atoms with Gasteiger partial charge in [-0.15, -0.1) is 0 Å². The fraction of sp³-hybridized carbons (Fsp3) is 0.143. The molecule has 12 heteroatoms. The molecule has 0 unspecified atom stereocenters. The molecule has 0 saturated carbocycles. The molecule has 0 aliphatic heterocycles. The van der Waals surface area contributed by atoms with E-state index < -0.39 is 15.8 Å². The van der Waals surface area contributed by atoms with E-state index in [-0.39, 0.29) is 44.3 Å². The van der Waals surface area contributed by atoms with Crippen LogP contribution >= 0.6 is 23.2 Å². The van der Waals surface area contributed by atoms with Crippen LogP contribution in [0.25, 0.3) is 16.8 Å². The maximum atomic E-state index is 15.5. The van der Waals surface area contributed by atoms with E-state index in [9.17, 15) is 8.42 Å². The molecule has 33 heavy (non-hydrogen) atoms. The number of aromatic nitrogens is 3. The van der Waals surface area contributed by atoms with Gasteiger partial charge in [-0.3, -0.25) is 9.12 Å². The van der Waals surface area contributed by atoms with Gasteiger partial charge in [0.25, 0.3) is 10.0 Å². The van der Waals surface area contributed by atoms with Gasteiger partial charge in [0.15, 0.2) is 5.82 Å². The average molecular weight is 510 g/mol. The van der Waals surface area contributed by atoms with Crippen molar-refractivity contribution in [1.82, 2.24) is 14.4 Å². The van der Waals surface area contributed by atoms with E-state index in [2.05, 4.69) is 14.7 Å². The van der Waals surface area contributed by atoms with E-state index in [0.29, 0.717) is 16.9 Å². The molecule has 4 rings (SSSR count). The number of methoxy groups -OCH3 is 1. The summed E-state index contributed by atoms with van der Waals surface area (Å²) in [4.78, 5) is 8.15. The minimum atomic E-state index is -4.30. The second kappa shape index (κ2) is 8.79. The predicted molar refractivity (Wildman–Crippen MR) is 126 cm³/mol. The summed E-state index contributed by atoms with van der Waals surface area (Å²) in [6.45, 7) is 1.78. The number of halogens is 3. The van der Waals surface area contributed by atoms with E-state index in [4.69, 9.17) is 33.7 Å². The van der Waals surface area contributed by atoms with Crippen molar-refractivity contribution in [2.45, 2.75) is 18.4 Å². The molecular formula is C21H18Cl2FN5O3S. The highest BCUT2D eigenvalue weighted by atomic mass is 35.5. The fourth-order valence-electron chi connectivity index (χ4n) is 3.47. The Kier molecular flexibility index (Phi) is 6.19. The highest BCUT2D eigenvalue weighted by Crippen LogP contribution is 2.35. The van der Waals surface area contributed by atoms with Gasteiger partial charge in [-0.05, 0) is 36.8 Å². The Hall–Kier alpha value is -2.92. The van der Waals surface area contributed by atoms with Crippen molar-refractivity contribution in [1.29, 1.82) is 0 Å². The molecule has 2 aromatic heterocycles. The monoisotopic (exact) mass is 509 g/mol. The van der Waals surface area contributed by atoms with Gasteiger partial charge in [-0.1, -0.05) is 29.3 Å². The molecular weight excluding hydrogens is 492 g/mol. The van der Waals surface area contributed by atoms with Crippen LogP contribution in [-0.4, -0.2) is 29.9 Å². The van der Waals surface area contributed by atoms with Gasteiger partial charge in [0.05, 0.1) is 17.3 Å². The lowest BCUT2D eigenvalue weighted by atomic mass is 10.1. The zero-order valence-corrected chi connectivity index (χ0v) is 19.8. The van der Waals surface area contributed by atoms with Crippen molar-refractivity contribution in [3.8, 4) is 11.3 Å². The molecule has 8 nitrogen and oxygen atoms in total. The Morgan fingerprint density at radius 2 is 2.03 bits per heavy atom. The minimum absolute atomic E-state index is 0.0496. The van der Waals surface area contributed by atoms with Crippen LogP contribution in [0.4, 0.5) is 15.9 Å². The molecule has 0 radical (unpaired) electrons. The van der Waals surface area contributed by atoms with Crippen molar-refractivity contribution in [2.24, 2.45) is 0 Å². The van der Waals surface area contributed by atoms with Crippen LogP contribution in [0.1, 0.15) is 11.4 Å². The number of sulfonamides is 1. The number of ether oxygens (including phenoxy) is 1. The first-order chi connectivity index (χ1) is 15.6. The van der Waals surface area contributed by atoms with Gasteiger partial charge in [-0.25, -0.2) is 22.8 Å². The third kappa shape index (κ3) is 4.22. The molecule has 2 heterocycles. The number of rotatable bonds is 6. The number of hydrogen-bond acceptors (Lipinski definition) is 6. The van der Waals surface area contributed by atoms with Crippen molar-refractivity contribution in [3.05, 3.63) is 70.0 Å². The summed E-state index contributed by atoms with van der Waals surface area (Å²) in [5.41, 5.74) is 6.79. The molecule has 0 aliphatic carbocycles. The number of nitrogens with one attached hydrogen (secondary N) is 1. The Balaban J connectivity index is 1.81. The quantitative estimate of drug-likeness (QED) is 0.390. The minimum Gasteiger partial charge on any atom is -0.382 e. The van der Waals surface area contributed by atoms with Crippen LogP contribution in [0.15, 0.2) is 47.6 Å². The Morgan fingerprint density at radius 3 is 2.76 bits per heavy atom. The average Bonchev–Trinajstić information content (AvgIpc) is 3.09. The van der Waals surface area contributed by atoms with Crippen molar-refractivity contribution in [2.75, 3.05) is 17.6 Å². The first-order valence-corrected chi connectivity index (χ1v) is 11.8. The second-order valence-corrected chi connectivity index (χ2v) is 9.59. The lowest BCUT2D eigenvalue weighted by molar-refractivity contribution is 0.185. The van der Waals surface area contributed by atoms with Gasteiger partial charge >= 0.3 is 0 Å². The van der Waals surface area contributed by atoms with Crippen molar-refractivity contribution < 1.29 is 17.5 Å². The summed E-state index contributed by atoms with van der Waals surface area (Å²) < 4.78 is 50.7. The maximum Gasteiger partial charge on any atom is 0.263 e. The SMILES string of the molecule is COCc1cc(Cl)cc(S(=O)(=O)Nc2cccc(-c3nc(C)n4ccnc(N)c34)c2F)c1Cl. The van der Waals surface area contributed by atoms with E-state index >= 15 is 4.39 Å². The molecule has 0 amide bonds. The summed E-state index contributed by atoms with van der Waals surface area (Å²) in [6.07, 6.45) is 3.16. The normalized spacial score (nSPS) is 11.8. The molecule has 4 aromatic rings. The smallest absolute Gasteiger partial charge is 0.263 e. The molecule has 0 bridgehead atoms. The first-order valence-electron chi connectivity index (χ1n) is 9.51. The summed E-state index contributed by atoms with van der Waals surface area (Å²) >= 11 is 12.3. The van der Waals surface area contributed by atoms with Gasteiger partial charge in [0.1, 0.15) is 27.7 Å². The number of nitrogens with two attached hydrogens (primary N) is 1. The van der Waals surface area contributed by atoms with Gasteiger partial charge in [-0.2, -0.15) is 0 Å². The van der Waals surface area contributed by atoms with Gasteiger partial charge in [0.2, 0.25) is 0 Å². The Morgan fingerprint density at radius 1 is 1.27 bits per heavy atom. The third-order valence-corrected chi connectivity index (χ3v) is 7.09. The van der Waals surface area contributed by atoms with E-state index in [0.717, 1.165) is 0 Å². The van der Waals surface area contributed by atoms with Crippen LogP contribution in [0.3, 0.4) is 0 Å². The topological polar surface area (TPSA) is 112 Å². The molecule has 0 atom stereocenters. The summed E-state index contributed by atoms with van der Waals surface area (Å²) in [5, 5.41) is 0.0730. The van der Waals surface area contributed by atoms with Crippen molar-refractivity contribution >= 4 is 50.2 Å². The van der Waals surface area contributed by atoms with E-state index in [1.165, 1.54) is 43.6 Å². The van der Waals surface area contributed by atoms with Crippen LogP contribution in [0.2, 0.25) is 10.0 Å². The number of nitrogen functional groups attached to an aromatic ring is 1. The largest absolute Gasteiger partial charge is 0.382 e. The predicted octanol–water partition coefficient (Wildman–Crippen LogP) is 4.68. The number of fused-ring (bicyclic) bond motifs is 1. The lowest BCUT2D eigenvalue weighted by Crippen LogP contribution is -2.15. The number of hydrogen-bond donors (Lipinski definition) is 2. The van der Waals surface area contributed by atoms with E-state index in [1.807, 2.05) is 0 Å². The maximum absolute atomic E-state index is 15.5. The van der Waals surface area contributed by atoms with Gasteiger partial charge < -0.3 is 10.5 Å². The molecule has 0 spiro atoms. The fourth-order valence-corrected chi connectivity index (χ4v) is 5.45. The van der Waals surface area contributed by atoms with E-state index in [1.54, 1.807) is 17.5 Å². The highest BCUT2D eigenvalue weighted by molar-refractivity contribution is 7.92. The highest BCUT2D eigenvalue weighted by Gasteiger charge is 2.25. The van der Waals surface area contributed by atoms with Crippen LogP contribution in [0.5, 0.6) is 0 Å². The summed E-state index contributed by atoms with van der Waals surface area (Å²) in [7, 11) is -2.86. The van der Waals surface area contributed by atoms with Gasteiger partial charge in [0, 0.05) is 30.1 Å². The third-order valence-electron chi connectivity index (χ3n) is 4.93. The van der Waals surface area contributed by atoms with Crippen LogP contribution in [0, 0.1) is 12.7 Å². The van der Waals surface area contributed by atoms with Crippen molar-refractivity contribution in [3.63, 3.8) is 0 Å². The summed E-state index contributed by atoms with van der Waals surface area (Å²) in [5.74, 6) is -0.106. The number of imidazole rings is 1. The molecule has 2 aromatic carbocycles. The van der Waals surface area contributed by atoms with Crippen LogP contribution < -0.4 is 10.5 Å². The molecule has 0 aliphatic rings. The first kappa shape index (κ1) is 23.2. The number of benzene rings is 2. The Bertz CT molecular complexity index is 1490. The Labute approximate surface area is 199 Å². The number of aryl methyl sites for hydroxylation is 1. The zero-order chi connectivity index (χ0) is 23.9. The zero-order valence-electron chi connectivity index (χ0n) is 17.4. The molecule has 0 saturated heterocycles. The number of anilines is 2. The van der Waals surface area contributed by atoms with Crippen LogP contribution in [-0.2, 0) is 21.4 Å². The summed E-state index contributed by atoms with van der Waals surface area (Å²) in [6, 6.07) is 6.95. The molecule has 3 N–H and O–H groups in total.